The van der Waals surface area contributed by atoms with E-state index in [9.17, 15) is 4.79 Å². The number of halogens is 2. The van der Waals surface area contributed by atoms with E-state index in [1.54, 1.807) is 0 Å². The van der Waals surface area contributed by atoms with Crippen LogP contribution in [0.2, 0.25) is 0 Å². The Balaban J connectivity index is 0.00000264. The molecule has 1 aliphatic carbocycles. The van der Waals surface area contributed by atoms with Gasteiger partial charge in [-0.3, -0.25) is 4.79 Å². The second-order valence-corrected chi connectivity index (χ2v) is 7.84. The van der Waals surface area contributed by atoms with Gasteiger partial charge >= 0.3 is 0 Å². The summed E-state index contributed by atoms with van der Waals surface area (Å²) in [7, 11) is 0. The summed E-state index contributed by atoms with van der Waals surface area (Å²) in [5.74, 6) is 0.828. The molecule has 2 rings (SSSR count). The van der Waals surface area contributed by atoms with Gasteiger partial charge in [0, 0.05) is 25.6 Å². The van der Waals surface area contributed by atoms with Gasteiger partial charge in [-0.2, -0.15) is 0 Å². The fourth-order valence-corrected chi connectivity index (χ4v) is 4.15. The van der Waals surface area contributed by atoms with Crippen molar-refractivity contribution in [2.75, 3.05) is 26.2 Å². The zero-order chi connectivity index (χ0) is 16.0. The average molecular weight is 382 g/mol. The molecule has 0 spiro atoms. The lowest BCUT2D eigenvalue weighted by atomic mass is 9.71. The number of nitrogens with zero attached hydrogens (tertiary/aromatic N) is 1. The first-order chi connectivity index (χ1) is 10.5. The molecule has 0 aromatic heterocycles. The van der Waals surface area contributed by atoms with Crippen LogP contribution in [0.5, 0.6) is 0 Å². The second-order valence-electron chi connectivity index (χ2n) is 7.84. The number of likely N-dealkylation sites (tertiary alicyclic amines) is 1. The molecule has 1 saturated heterocycles. The van der Waals surface area contributed by atoms with Gasteiger partial charge in [0.2, 0.25) is 5.91 Å². The Morgan fingerprint density at radius 3 is 2.46 bits per heavy atom. The van der Waals surface area contributed by atoms with Crippen molar-refractivity contribution in [2.45, 2.75) is 71.3 Å². The van der Waals surface area contributed by atoms with E-state index >= 15 is 0 Å². The molecule has 3 N–H and O–H groups in total. The molecule has 1 aliphatic heterocycles. The summed E-state index contributed by atoms with van der Waals surface area (Å²) < 4.78 is 0. The molecule has 144 valence electrons. The van der Waals surface area contributed by atoms with Gasteiger partial charge in [0.1, 0.15) is 0 Å². The lowest BCUT2D eigenvalue weighted by molar-refractivity contribution is -0.124. The fourth-order valence-electron chi connectivity index (χ4n) is 4.15. The highest BCUT2D eigenvalue weighted by atomic mass is 35.5. The van der Waals surface area contributed by atoms with Crippen LogP contribution in [0.4, 0.5) is 0 Å². The normalized spacial score (nSPS) is 23.9. The monoisotopic (exact) mass is 381 g/mol. The third kappa shape index (κ3) is 7.07. The number of piperidine rings is 1. The number of nitrogens with two attached hydrogens (primary N) is 1. The van der Waals surface area contributed by atoms with Crippen molar-refractivity contribution in [2.24, 2.45) is 17.1 Å². The zero-order valence-corrected chi connectivity index (χ0v) is 17.0. The minimum Gasteiger partial charge on any atom is -0.356 e. The first-order valence-corrected chi connectivity index (χ1v) is 9.25. The van der Waals surface area contributed by atoms with E-state index in [2.05, 4.69) is 24.1 Å². The molecular weight excluding hydrogens is 345 g/mol. The van der Waals surface area contributed by atoms with Crippen molar-refractivity contribution >= 4 is 30.7 Å². The van der Waals surface area contributed by atoms with E-state index in [4.69, 9.17) is 5.73 Å². The fraction of sp³-hybridized carbons (Fsp3) is 0.944. The van der Waals surface area contributed by atoms with Crippen LogP contribution >= 0.6 is 24.8 Å². The van der Waals surface area contributed by atoms with E-state index in [0.29, 0.717) is 24.9 Å². The lowest BCUT2D eigenvalue weighted by Crippen LogP contribution is -2.45. The van der Waals surface area contributed by atoms with Crippen molar-refractivity contribution in [3.05, 3.63) is 0 Å². The molecule has 24 heavy (non-hydrogen) atoms. The topological polar surface area (TPSA) is 58.4 Å². The molecule has 1 amide bonds. The Labute approximate surface area is 160 Å². The minimum absolute atomic E-state index is 0. The molecule has 0 aromatic rings. The van der Waals surface area contributed by atoms with Crippen LogP contribution in [-0.4, -0.2) is 43.0 Å². The van der Waals surface area contributed by atoms with Gasteiger partial charge in [0.25, 0.3) is 0 Å². The number of hydrogen-bond donors (Lipinski definition) is 2. The van der Waals surface area contributed by atoms with Crippen molar-refractivity contribution in [3.8, 4) is 0 Å². The number of carbonyl (C=O) groups excluding carboxylic acids is 1. The Morgan fingerprint density at radius 1 is 1.21 bits per heavy atom. The standard InChI is InChI=1S/C18H35N3O.2ClH/c1-15(2)21-10-6-7-16(13-21)12-20-17(22)11-18(14-19)8-4-3-5-9-18;;/h15-16H,3-14,19H2,1-2H3,(H,20,22);2*1H. The van der Waals surface area contributed by atoms with Crippen LogP contribution in [0.3, 0.4) is 0 Å². The molecular formula is C18H37Cl2N3O. The average Bonchev–Trinajstić information content (AvgIpc) is 2.54. The second kappa shape index (κ2) is 11.6. The van der Waals surface area contributed by atoms with Crippen LogP contribution in [0.25, 0.3) is 0 Å². The highest BCUT2D eigenvalue weighted by molar-refractivity contribution is 5.85. The third-order valence-electron chi connectivity index (χ3n) is 5.75. The quantitative estimate of drug-likeness (QED) is 0.741. The molecule has 6 heteroatoms. The smallest absolute Gasteiger partial charge is 0.220 e. The Bertz CT molecular complexity index is 360. The molecule has 1 unspecified atom stereocenters. The van der Waals surface area contributed by atoms with Crippen LogP contribution < -0.4 is 11.1 Å². The van der Waals surface area contributed by atoms with Gasteiger partial charge in [0.05, 0.1) is 0 Å². The van der Waals surface area contributed by atoms with Crippen molar-refractivity contribution < 1.29 is 4.79 Å². The first-order valence-electron chi connectivity index (χ1n) is 9.25. The molecule has 0 bridgehead atoms. The number of amides is 1. The van der Waals surface area contributed by atoms with Gasteiger partial charge in [-0.05, 0) is 64.0 Å². The molecule has 2 aliphatic rings. The highest BCUT2D eigenvalue weighted by Crippen LogP contribution is 2.38. The zero-order valence-electron chi connectivity index (χ0n) is 15.4. The molecule has 2 fully saturated rings. The predicted molar refractivity (Wildman–Crippen MR) is 106 cm³/mol. The van der Waals surface area contributed by atoms with Gasteiger partial charge in [-0.25, -0.2) is 0 Å². The summed E-state index contributed by atoms with van der Waals surface area (Å²) in [6, 6.07) is 0.612. The predicted octanol–water partition coefficient (Wildman–Crippen LogP) is 3.37. The Kier molecular flexibility index (Phi) is 11.5. The number of rotatable bonds is 6. The molecule has 1 atom stereocenters. The summed E-state index contributed by atoms with van der Waals surface area (Å²) in [5, 5.41) is 3.20. The molecule has 0 aromatic carbocycles. The van der Waals surface area contributed by atoms with E-state index in [-0.39, 0.29) is 36.1 Å². The summed E-state index contributed by atoms with van der Waals surface area (Å²) in [5.41, 5.74) is 6.07. The first kappa shape index (κ1) is 24.0. The minimum atomic E-state index is 0. The lowest BCUT2D eigenvalue weighted by Gasteiger charge is -2.37. The maximum Gasteiger partial charge on any atom is 0.220 e. The van der Waals surface area contributed by atoms with Crippen LogP contribution in [0, 0.1) is 11.3 Å². The molecule has 1 heterocycles. The van der Waals surface area contributed by atoms with Crippen LogP contribution in [-0.2, 0) is 4.79 Å². The van der Waals surface area contributed by atoms with Crippen molar-refractivity contribution in [1.82, 2.24) is 10.2 Å². The number of nitrogens with one attached hydrogen (secondary N) is 1. The Morgan fingerprint density at radius 2 is 1.88 bits per heavy atom. The number of carbonyl (C=O) groups is 1. The van der Waals surface area contributed by atoms with Crippen molar-refractivity contribution in [3.63, 3.8) is 0 Å². The van der Waals surface area contributed by atoms with Crippen molar-refractivity contribution in [1.29, 1.82) is 0 Å². The Hall–Kier alpha value is -0.0300. The SMILES string of the molecule is CC(C)N1CCCC(CNC(=O)CC2(CN)CCCCC2)C1.Cl.Cl. The van der Waals surface area contributed by atoms with Gasteiger partial charge in [0.15, 0.2) is 0 Å². The maximum atomic E-state index is 12.4. The van der Waals surface area contributed by atoms with Crippen LogP contribution in [0.15, 0.2) is 0 Å². The van der Waals surface area contributed by atoms with Gasteiger partial charge < -0.3 is 16.0 Å². The highest BCUT2D eigenvalue weighted by Gasteiger charge is 2.33. The van der Waals surface area contributed by atoms with Gasteiger partial charge in [-0.1, -0.05) is 19.3 Å². The molecule has 0 radical (unpaired) electrons. The maximum absolute atomic E-state index is 12.4. The summed E-state index contributed by atoms with van der Waals surface area (Å²) >= 11 is 0. The molecule has 4 nitrogen and oxygen atoms in total. The summed E-state index contributed by atoms with van der Waals surface area (Å²) in [4.78, 5) is 14.9. The van der Waals surface area contributed by atoms with E-state index in [1.165, 1.54) is 38.6 Å². The van der Waals surface area contributed by atoms with E-state index < -0.39 is 0 Å². The third-order valence-corrected chi connectivity index (χ3v) is 5.75. The van der Waals surface area contributed by atoms with E-state index in [0.717, 1.165) is 25.9 Å². The summed E-state index contributed by atoms with van der Waals surface area (Å²) in [6.07, 6.45) is 9.15. The van der Waals surface area contributed by atoms with E-state index in [1.807, 2.05) is 0 Å². The van der Waals surface area contributed by atoms with Gasteiger partial charge in [-0.15, -0.1) is 24.8 Å². The molecule has 1 saturated carbocycles. The van der Waals surface area contributed by atoms with Crippen LogP contribution in [0.1, 0.15) is 65.2 Å². The largest absolute Gasteiger partial charge is 0.356 e. The number of hydrogen-bond acceptors (Lipinski definition) is 3. The summed E-state index contributed by atoms with van der Waals surface area (Å²) in [6.45, 7) is 8.34.